The molecule has 3 nitrogen and oxygen atoms in total. The van der Waals surface area contributed by atoms with Gasteiger partial charge in [0, 0.05) is 20.2 Å². The molecule has 0 fully saturated rings. The normalized spacial score (nSPS) is 10.2. The minimum absolute atomic E-state index is 0.336. The Morgan fingerprint density at radius 1 is 1.23 bits per heavy atom. The minimum Gasteiger partial charge on any atom is -0.508 e. The molecule has 0 saturated carbocycles. The number of nitrogens with one attached hydrogen (secondary N) is 1. The molecule has 0 aromatic heterocycles. The molecular formula is C10H16N2O. The van der Waals surface area contributed by atoms with Gasteiger partial charge in [0.2, 0.25) is 0 Å². The topological polar surface area (TPSA) is 35.5 Å². The summed E-state index contributed by atoms with van der Waals surface area (Å²) in [5.74, 6) is 0.336. The number of hydrazine groups is 1. The molecule has 3 heteroatoms. The van der Waals surface area contributed by atoms with Crippen LogP contribution in [0.4, 0.5) is 5.69 Å². The van der Waals surface area contributed by atoms with Gasteiger partial charge in [0.1, 0.15) is 5.75 Å². The maximum atomic E-state index is 9.51. The number of aromatic hydroxyl groups is 1. The number of hydrogen-bond donors (Lipinski definition) is 2. The van der Waals surface area contributed by atoms with Crippen molar-refractivity contribution in [1.82, 2.24) is 5.43 Å². The first kappa shape index (κ1) is 9.86. The maximum Gasteiger partial charge on any atom is 0.120 e. The summed E-state index contributed by atoms with van der Waals surface area (Å²) in [7, 11) is 3.76. The first-order chi connectivity index (χ1) is 6.06. The van der Waals surface area contributed by atoms with Crippen molar-refractivity contribution in [3.05, 3.63) is 23.3 Å². The molecule has 0 amide bonds. The third-order valence-corrected chi connectivity index (χ3v) is 2.21. The third-order valence-electron chi connectivity index (χ3n) is 2.21. The van der Waals surface area contributed by atoms with E-state index >= 15 is 0 Å². The first-order valence-electron chi connectivity index (χ1n) is 4.27. The van der Waals surface area contributed by atoms with Crippen molar-refractivity contribution >= 4 is 5.69 Å². The van der Waals surface area contributed by atoms with Crippen LogP contribution in [-0.2, 0) is 0 Å². The maximum absolute atomic E-state index is 9.51. The van der Waals surface area contributed by atoms with Crippen molar-refractivity contribution in [3.8, 4) is 5.75 Å². The summed E-state index contributed by atoms with van der Waals surface area (Å²) in [6.45, 7) is 3.92. The second kappa shape index (κ2) is 3.66. The Bertz CT molecular complexity index is 310. The number of hydrogen-bond acceptors (Lipinski definition) is 3. The summed E-state index contributed by atoms with van der Waals surface area (Å²) in [4.78, 5) is 0. The summed E-state index contributed by atoms with van der Waals surface area (Å²) in [5.41, 5.74) is 6.04. The molecule has 72 valence electrons. The molecule has 0 unspecified atom stereocenters. The van der Waals surface area contributed by atoms with Crippen LogP contribution in [0.25, 0.3) is 0 Å². The molecular weight excluding hydrogens is 164 g/mol. The molecule has 2 N–H and O–H groups in total. The number of aryl methyl sites for hydroxylation is 2. The van der Waals surface area contributed by atoms with Gasteiger partial charge in [-0.25, -0.2) is 5.43 Å². The molecule has 1 rings (SSSR count). The smallest absolute Gasteiger partial charge is 0.120 e. The molecule has 0 spiro atoms. The minimum atomic E-state index is 0.336. The zero-order chi connectivity index (χ0) is 10.0. The largest absolute Gasteiger partial charge is 0.508 e. The molecule has 1 aromatic carbocycles. The second-order valence-electron chi connectivity index (χ2n) is 3.21. The first-order valence-corrected chi connectivity index (χ1v) is 4.27. The van der Waals surface area contributed by atoms with E-state index < -0.39 is 0 Å². The van der Waals surface area contributed by atoms with Gasteiger partial charge in [-0.15, -0.1) is 0 Å². The van der Waals surface area contributed by atoms with Gasteiger partial charge in [-0.1, -0.05) is 6.07 Å². The van der Waals surface area contributed by atoms with Crippen LogP contribution in [0.3, 0.4) is 0 Å². The number of nitrogens with zero attached hydrogens (tertiary/aromatic N) is 1. The lowest BCUT2D eigenvalue weighted by molar-refractivity contribution is 0.470. The summed E-state index contributed by atoms with van der Waals surface area (Å²) in [6.07, 6.45) is 0. The van der Waals surface area contributed by atoms with Crippen molar-refractivity contribution in [2.45, 2.75) is 13.8 Å². The van der Waals surface area contributed by atoms with E-state index in [1.54, 1.807) is 6.07 Å². The van der Waals surface area contributed by atoms with Crippen LogP contribution in [0.1, 0.15) is 11.1 Å². The van der Waals surface area contributed by atoms with Crippen LogP contribution in [0.15, 0.2) is 12.1 Å². The van der Waals surface area contributed by atoms with Crippen LogP contribution < -0.4 is 10.4 Å². The average molecular weight is 180 g/mol. The Morgan fingerprint density at radius 3 is 2.38 bits per heavy atom. The van der Waals surface area contributed by atoms with Gasteiger partial charge in [-0.3, -0.25) is 0 Å². The van der Waals surface area contributed by atoms with Gasteiger partial charge >= 0.3 is 0 Å². The molecule has 0 heterocycles. The Kier molecular flexibility index (Phi) is 2.78. The SMILES string of the molecule is CNN(C)c1cc(O)c(C)cc1C. The number of benzene rings is 1. The Morgan fingerprint density at radius 2 is 1.85 bits per heavy atom. The molecule has 0 atom stereocenters. The standard InChI is InChI=1S/C10H16N2O/c1-7-5-8(2)10(13)6-9(7)12(4)11-3/h5-6,11,13H,1-4H3. The highest BCUT2D eigenvalue weighted by Gasteiger charge is 2.05. The predicted molar refractivity (Wildman–Crippen MR) is 55.0 cm³/mol. The molecule has 0 saturated heterocycles. The summed E-state index contributed by atoms with van der Waals surface area (Å²) >= 11 is 0. The van der Waals surface area contributed by atoms with E-state index in [1.165, 1.54) is 0 Å². The van der Waals surface area contributed by atoms with E-state index in [0.29, 0.717) is 5.75 Å². The van der Waals surface area contributed by atoms with Gasteiger partial charge in [0.15, 0.2) is 0 Å². The zero-order valence-corrected chi connectivity index (χ0v) is 8.55. The summed E-state index contributed by atoms with van der Waals surface area (Å²) in [5, 5.41) is 11.4. The molecule has 0 aliphatic rings. The molecule has 0 aliphatic carbocycles. The highest BCUT2D eigenvalue weighted by Crippen LogP contribution is 2.26. The fraction of sp³-hybridized carbons (Fsp3) is 0.400. The summed E-state index contributed by atoms with van der Waals surface area (Å²) < 4.78 is 0. The van der Waals surface area contributed by atoms with E-state index in [0.717, 1.165) is 16.8 Å². The Hall–Kier alpha value is -1.22. The van der Waals surface area contributed by atoms with Crippen LogP contribution in [0.5, 0.6) is 5.75 Å². The molecule has 0 bridgehead atoms. The van der Waals surface area contributed by atoms with Crippen molar-refractivity contribution in [1.29, 1.82) is 0 Å². The predicted octanol–water partition coefficient (Wildman–Crippen LogP) is 1.58. The Balaban J connectivity index is 3.15. The quantitative estimate of drug-likeness (QED) is 0.678. The van der Waals surface area contributed by atoms with Gasteiger partial charge in [-0.2, -0.15) is 0 Å². The zero-order valence-electron chi connectivity index (χ0n) is 8.55. The fourth-order valence-electron chi connectivity index (χ4n) is 1.31. The van der Waals surface area contributed by atoms with E-state index in [9.17, 15) is 5.11 Å². The molecule has 0 radical (unpaired) electrons. The number of anilines is 1. The van der Waals surface area contributed by atoms with E-state index in [-0.39, 0.29) is 0 Å². The van der Waals surface area contributed by atoms with Crippen molar-refractivity contribution in [3.63, 3.8) is 0 Å². The molecule has 13 heavy (non-hydrogen) atoms. The van der Waals surface area contributed by atoms with Crippen molar-refractivity contribution in [2.24, 2.45) is 0 Å². The van der Waals surface area contributed by atoms with E-state index in [1.807, 2.05) is 39.0 Å². The number of rotatable bonds is 2. The monoisotopic (exact) mass is 180 g/mol. The molecule has 1 aromatic rings. The number of phenolic OH excluding ortho intramolecular Hbond substituents is 1. The number of phenols is 1. The second-order valence-corrected chi connectivity index (χ2v) is 3.21. The third kappa shape index (κ3) is 1.92. The van der Waals surface area contributed by atoms with Crippen LogP contribution in [-0.4, -0.2) is 19.2 Å². The van der Waals surface area contributed by atoms with Crippen molar-refractivity contribution < 1.29 is 5.11 Å². The van der Waals surface area contributed by atoms with Gasteiger partial charge in [0.05, 0.1) is 5.69 Å². The van der Waals surface area contributed by atoms with Gasteiger partial charge < -0.3 is 10.1 Å². The molecule has 0 aliphatic heterocycles. The van der Waals surface area contributed by atoms with Gasteiger partial charge in [0.25, 0.3) is 0 Å². The lowest BCUT2D eigenvalue weighted by atomic mass is 10.1. The van der Waals surface area contributed by atoms with E-state index in [4.69, 9.17) is 0 Å². The lowest BCUT2D eigenvalue weighted by Gasteiger charge is -2.20. The van der Waals surface area contributed by atoms with Crippen LogP contribution in [0.2, 0.25) is 0 Å². The van der Waals surface area contributed by atoms with Gasteiger partial charge in [-0.05, 0) is 25.0 Å². The average Bonchev–Trinajstić information content (AvgIpc) is 2.10. The van der Waals surface area contributed by atoms with Crippen molar-refractivity contribution in [2.75, 3.05) is 19.1 Å². The fourth-order valence-corrected chi connectivity index (χ4v) is 1.31. The highest BCUT2D eigenvalue weighted by molar-refractivity contribution is 5.57. The van der Waals surface area contributed by atoms with E-state index in [2.05, 4.69) is 5.43 Å². The van der Waals surface area contributed by atoms with Crippen LogP contribution >= 0.6 is 0 Å². The van der Waals surface area contributed by atoms with Crippen LogP contribution in [0, 0.1) is 13.8 Å². The Labute approximate surface area is 79.0 Å². The highest BCUT2D eigenvalue weighted by atomic mass is 16.3. The summed E-state index contributed by atoms with van der Waals surface area (Å²) in [6, 6.07) is 3.74. The lowest BCUT2D eigenvalue weighted by Crippen LogP contribution is -2.30.